The molecular formula is C28H28N2O5. The topological polar surface area (TPSA) is 105 Å². The predicted octanol–water partition coefficient (Wildman–Crippen LogP) is 4.36. The molecule has 0 bridgehead atoms. The summed E-state index contributed by atoms with van der Waals surface area (Å²) in [5.74, 6) is -1.40. The second-order valence-electron chi connectivity index (χ2n) is 8.43. The zero-order valence-corrected chi connectivity index (χ0v) is 19.5. The number of rotatable bonds is 9. The summed E-state index contributed by atoms with van der Waals surface area (Å²) in [4.78, 5) is 36.5. The Balaban J connectivity index is 1.31. The van der Waals surface area contributed by atoms with Crippen LogP contribution in [0.1, 0.15) is 46.3 Å². The summed E-state index contributed by atoms with van der Waals surface area (Å²) in [6.07, 6.45) is 0.113. The Morgan fingerprint density at radius 3 is 2.14 bits per heavy atom. The molecule has 1 aliphatic carbocycles. The van der Waals surface area contributed by atoms with Crippen molar-refractivity contribution < 1.29 is 24.2 Å². The molecule has 35 heavy (non-hydrogen) atoms. The molecule has 0 spiro atoms. The summed E-state index contributed by atoms with van der Waals surface area (Å²) in [5.41, 5.74) is 5.38. The lowest BCUT2D eigenvalue weighted by Gasteiger charge is -2.19. The number of amides is 2. The molecule has 0 fully saturated rings. The maximum absolute atomic E-state index is 12.6. The van der Waals surface area contributed by atoms with Crippen LogP contribution in [0.4, 0.5) is 4.79 Å². The van der Waals surface area contributed by atoms with E-state index >= 15 is 0 Å². The minimum Gasteiger partial charge on any atom is -0.478 e. The van der Waals surface area contributed by atoms with Crippen LogP contribution in [-0.4, -0.2) is 42.3 Å². The van der Waals surface area contributed by atoms with Gasteiger partial charge in [-0.15, -0.1) is 0 Å². The van der Waals surface area contributed by atoms with E-state index in [1.807, 2.05) is 36.4 Å². The van der Waals surface area contributed by atoms with Crippen molar-refractivity contribution in [2.24, 2.45) is 0 Å². The number of carboxylic acid groups (broad SMARTS) is 1. The van der Waals surface area contributed by atoms with E-state index in [1.54, 1.807) is 25.1 Å². The van der Waals surface area contributed by atoms with Crippen LogP contribution in [0.2, 0.25) is 0 Å². The Hall–Kier alpha value is -4.13. The third-order valence-corrected chi connectivity index (χ3v) is 6.30. The van der Waals surface area contributed by atoms with Crippen molar-refractivity contribution >= 4 is 18.0 Å². The van der Waals surface area contributed by atoms with E-state index in [4.69, 9.17) is 4.74 Å². The van der Waals surface area contributed by atoms with Crippen molar-refractivity contribution in [1.29, 1.82) is 0 Å². The van der Waals surface area contributed by atoms with Gasteiger partial charge in [-0.2, -0.15) is 0 Å². The molecule has 7 heteroatoms. The van der Waals surface area contributed by atoms with E-state index < -0.39 is 18.1 Å². The van der Waals surface area contributed by atoms with Crippen LogP contribution in [0.5, 0.6) is 0 Å². The van der Waals surface area contributed by atoms with E-state index in [2.05, 4.69) is 22.8 Å². The molecule has 0 aliphatic heterocycles. The van der Waals surface area contributed by atoms with Crippen molar-refractivity contribution in [3.63, 3.8) is 0 Å². The fraction of sp³-hybridized carbons (Fsp3) is 0.250. The van der Waals surface area contributed by atoms with Crippen molar-refractivity contribution in [3.8, 4) is 11.1 Å². The van der Waals surface area contributed by atoms with Crippen molar-refractivity contribution in [3.05, 3.63) is 95.1 Å². The van der Waals surface area contributed by atoms with Crippen LogP contribution in [0.3, 0.4) is 0 Å². The SMILES string of the molecule is CCC(NC(=O)OCC1c2ccccc2-c2ccccc21)C(=O)NCCc1ccccc1C(=O)O. The minimum atomic E-state index is -1.00. The zero-order valence-electron chi connectivity index (χ0n) is 19.5. The van der Waals surface area contributed by atoms with Gasteiger partial charge in [0.05, 0.1) is 5.56 Å². The first kappa shape index (κ1) is 24.0. The Kier molecular flexibility index (Phi) is 7.45. The van der Waals surface area contributed by atoms with Gasteiger partial charge in [0, 0.05) is 12.5 Å². The number of carboxylic acids is 1. The lowest BCUT2D eigenvalue weighted by atomic mass is 9.98. The van der Waals surface area contributed by atoms with Gasteiger partial charge in [0.15, 0.2) is 0 Å². The maximum atomic E-state index is 12.6. The van der Waals surface area contributed by atoms with Crippen molar-refractivity contribution in [1.82, 2.24) is 10.6 Å². The number of benzene rings is 3. The molecule has 1 unspecified atom stereocenters. The van der Waals surface area contributed by atoms with Crippen LogP contribution < -0.4 is 10.6 Å². The first-order chi connectivity index (χ1) is 17.0. The Morgan fingerprint density at radius 1 is 0.914 bits per heavy atom. The highest BCUT2D eigenvalue weighted by atomic mass is 16.5. The van der Waals surface area contributed by atoms with Crippen molar-refractivity contribution in [2.75, 3.05) is 13.2 Å². The molecule has 7 nitrogen and oxygen atoms in total. The molecule has 180 valence electrons. The van der Waals surface area contributed by atoms with Crippen LogP contribution >= 0.6 is 0 Å². The van der Waals surface area contributed by atoms with E-state index in [1.165, 1.54) is 6.07 Å². The van der Waals surface area contributed by atoms with E-state index in [9.17, 15) is 19.5 Å². The first-order valence-electron chi connectivity index (χ1n) is 11.7. The monoisotopic (exact) mass is 472 g/mol. The number of hydrogen-bond donors (Lipinski definition) is 3. The standard InChI is InChI=1S/C28H28N2O5/c1-2-25(26(31)29-16-15-18-9-3-4-10-19(18)27(32)33)30-28(34)35-17-24-22-13-7-5-11-20(22)21-12-6-8-14-23(21)24/h3-14,24-25H,2,15-17H2,1H3,(H,29,31)(H,30,34)(H,32,33). The van der Waals surface area contributed by atoms with Gasteiger partial charge < -0.3 is 20.5 Å². The van der Waals surface area contributed by atoms with Gasteiger partial charge in [0.1, 0.15) is 12.6 Å². The molecule has 1 atom stereocenters. The second-order valence-corrected chi connectivity index (χ2v) is 8.43. The Morgan fingerprint density at radius 2 is 1.51 bits per heavy atom. The smallest absolute Gasteiger partial charge is 0.407 e. The molecule has 0 radical (unpaired) electrons. The normalized spacial score (nSPS) is 12.8. The highest BCUT2D eigenvalue weighted by Crippen LogP contribution is 2.44. The van der Waals surface area contributed by atoms with E-state index in [-0.39, 0.29) is 30.5 Å². The molecule has 0 aromatic heterocycles. The molecule has 0 saturated heterocycles. The molecule has 0 heterocycles. The molecular weight excluding hydrogens is 444 g/mol. The number of fused-ring (bicyclic) bond motifs is 3. The lowest BCUT2D eigenvalue weighted by Crippen LogP contribution is -2.47. The largest absolute Gasteiger partial charge is 0.478 e. The summed E-state index contributed by atoms with van der Waals surface area (Å²) in [6.45, 7) is 2.23. The molecule has 3 N–H and O–H groups in total. The zero-order chi connectivity index (χ0) is 24.8. The second kappa shape index (κ2) is 10.9. The number of aromatic carboxylic acids is 1. The number of alkyl carbamates (subject to hydrolysis) is 1. The number of hydrogen-bond acceptors (Lipinski definition) is 4. The predicted molar refractivity (Wildman–Crippen MR) is 132 cm³/mol. The summed E-state index contributed by atoms with van der Waals surface area (Å²) < 4.78 is 5.54. The van der Waals surface area contributed by atoms with Gasteiger partial charge in [-0.05, 0) is 46.7 Å². The van der Waals surface area contributed by atoms with Gasteiger partial charge >= 0.3 is 12.1 Å². The Bertz CT molecular complexity index is 1190. The molecule has 3 aromatic rings. The molecule has 3 aromatic carbocycles. The van der Waals surface area contributed by atoms with Gasteiger partial charge in [-0.25, -0.2) is 9.59 Å². The maximum Gasteiger partial charge on any atom is 0.407 e. The van der Waals surface area contributed by atoms with E-state index in [0.717, 1.165) is 22.3 Å². The molecule has 1 aliphatic rings. The van der Waals surface area contributed by atoms with Crippen LogP contribution in [0.15, 0.2) is 72.8 Å². The summed E-state index contributed by atoms with van der Waals surface area (Å²) >= 11 is 0. The summed E-state index contributed by atoms with van der Waals surface area (Å²) in [5, 5.41) is 14.7. The molecule has 4 rings (SSSR count). The van der Waals surface area contributed by atoms with Crippen LogP contribution in [0, 0.1) is 0 Å². The lowest BCUT2D eigenvalue weighted by molar-refractivity contribution is -0.123. The number of nitrogens with one attached hydrogen (secondary N) is 2. The third-order valence-electron chi connectivity index (χ3n) is 6.30. The highest BCUT2D eigenvalue weighted by molar-refractivity contribution is 5.89. The highest BCUT2D eigenvalue weighted by Gasteiger charge is 2.29. The average Bonchev–Trinajstić information content (AvgIpc) is 3.19. The summed E-state index contributed by atoms with van der Waals surface area (Å²) in [7, 11) is 0. The van der Waals surface area contributed by atoms with E-state index in [0.29, 0.717) is 18.4 Å². The fourth-order valence-electron chi connectivity index (χ4n) is 4.53. The molecule has 2 amide bonds. The number of ether oxygens (including phenoxy) is 1. The molecule has 0 saturated carbocycles. The van der Waals surface area contributed by atoms with Gasteiger partial charge in [-0.3, -0.25) is 4.79 Å². The van der Waals surface area contributed by atoms with Crippen LogP contribution in [0.25, 0.3) is 11.1 Å². The third kappa shape index (κ3) is 5.35. The number of carbonyl (C=O) groups is 3. The average molecular weight is 473 g/mol. The Labute approximate surface area is 204 Å². The minimum absolute atomic E-state index is 0.0589. The summed E-state index contributed by atoms with van der Waals surface area (Å²) in [6, 6.07) is 22.1. The van der Waals surface area contributed by atoms with Crippen LogP contribution in [-0.2, 0) is 16.0 Å². The van der Waals surface area contributed by atoms with Crippen molar-refractivity contribution in [2.45, 2.75) is 31.7 Å². The number of carbonyl (C=O) groups excluding carboxylic acids is 2. The van der Waals surface area contributed by atoms with Gasteiger partial charge in [0.25, 0.3) is 0 Å². The van der Waals surface area contributed by atoms with Gasteiger partial charge in [-0.1, -0.05) is 73.7 Å². The quantitative estimate of drug-likeness (QED) is 0.429. The van der Waals surface area contributed by atoms with Gasteiger partial charge in [0.2, 0.25) is 5.91 Å². The fourth-order valence-corrected chi connectivity index (χ4v) is 4.53. The first-order valence-corrected chi connectivity index (χ1v) is 11.7.